The van der Waals surface area contributed by atoms with Crippen molar-refractivity contribution in [2.45, 2.75) is 6.92 Å². The highest BCUT2D eigenvalue weighted by Crippen LogP contribution is 2.07. The zero-order valence-corrected chi connectivity index (χ0v) is 5.75. The Morgan fingerprint density at radius 3 is 2.00 bits per heavy atom. The van der Waals surface area contributed by atoms with Crippen LogP contribution in [0.5, 0.6) is 0 Å². The van der Waals surface area contributed by atoms with Crippen LogP contribution in [-0.4, -0.2) is 30.0 Å². The zero-order valence-electron chi connectivity index (χ0n) is 5.75. The number of hydrogen-bond acceptors (Lipinski definition) is 3. The molecule has 0 rings (SSSR count). The minimum absolute atomic E-state index is 0.0509. The smallest absolute Gasteiger partial charge is 0.0474 e. The second kappa shape index (κ2) is 4.73. The molecule has 0 aliphatic carbocycles. The molecule has 0 aliphatic rings. The second-order valence-electron chi connectivity index (χ2n) is 2.34. The van der Waals surface area contributed by atoms with Gasteiger partial charge in [0.05, 0.1) is 0 Å². The van der Waals surface area contributed by atoms with E-state index in [1.165, 1.54) is 0 Å². The van der Waals surface area contributed by atoms with Gasteiger partial charge in [0, 0.05) is 13.2 Å². The molecule has 0 saturated carbocycles. The molecule has 3 nitrogen and oxygen atoms in total. The molecular formula is C6H15NO2. The maximum Gasteiger partial charge on any atom is 0.0474 e. The molecule has 0 spiro atoms. The van der Waals surface area contributed by atoms with Crippen LogP contribution in [0, 0.1) is 11.8 Å². The molecule has 0 aromatic carbocycles. The summed E-state index contributed by atoms with van der Waals surface area (Å²) >= 11 is 0. The highest BCUT2D eigenvalue weighted by Gasteiger charge is 2.12. The van der Waals surface area contributed by atoms with E-state index in [2.05, 4.69) is 0 Å². The van der Waals surface area contributed by atoms with Crippen LogP contribution in [0.15, 0.2) is 0 Å². The number of nitrogens with two attached hydrogens (primary N) is 1. The largest absolute Gasteiger partial charge is 0.396 e. The quantitative estimate of drug-likeness (QED) is 0.469. The lowest BCUT2D eigenvalue weighted by molar-refractivity contribution is 0.135. The molecule has 0 radical (unpaired) electrons. The minimum atomic E-state index is 0.0509. The fourth-order valence-electron chi connectivity index (χ4n) is 0.636. The van der Waals surface area contributed by atoms with Crippen molar-refractivity contribution in [2.75, 3.05) is 19.8 Å². The standard InChI is InChI=1S/C6H15NO2/c1-5(3-8)6(2-7)4-9/h5-6,8-9H,2-4,7H2,1H3. The first-order valence-electron chi connectivity index (χ1n) is 3.18. The Balaban J connectivity index is 3.50. The van der Waals surface area contributed by atoms with E-state index >= 15 is 0 Å². The van der Waals surface area contributed by atoms with Gasteiger partial charge >= 0.3 is 0 Å². The molecule has 0 aromatic heterocycles. The van der Waals surface area contributed by atoms with Gasteiger partial charge in [0.25, 0.3) is 0 Å². The van der Waals surface area contributed by atoms with Gasteiger partial charge in [-0.1, -0.05) is 6.92 Å². The highest BCUT2D eigenvalue weighted by molar-refractivity contribution is 4.64. The van der Waals surface area contributed by atoms with Crippen molar-refractivity contribution in [3.8, 4) is 0 Å². The molecule has 0 fully saturated rings. The molecule has 2 unspecified atom stereocenters. The molecule has 2 atom stereocenters. The van der Waals surface area contributed by atoms with Gasteiger partial charge in [-0.05, 0) is 18.4 Å². The summed E-state index contributed by atoms with van der Waals surface area (Å²) in [5, 5.41) is 17.2. The first-order valence-corrected chi connectivity index (χ1v) is 3.18. The molecule has 0 heterocycles. The molecule has 56 valence electrons. The molecule has 0 saturated heterocycles. The van der Waals surface area contributed by atoms with Crippen LogP contribution in [0.3, 0.4) is 0 Å². The summed E-state index contributed by atoms with van der Waals surface area (Å²) in [6.07, 6.45) is 0. The van der Waals surface area contributed by atoms with E-state index in [4.69, 9.17) is 15.9 Å². The topological polar surface area (TPSA) is 66.5 Å². The van der Waals surface area contributed by atoms with Gasteiger partial charge in [-0.3, -0.25) is 0 Å². The average Bonchev–Trinajstić information content (AvgIpc) is 1.90. The summed E-state index contributed by atoms with van der Waals surface area (Å²) < 4.78 is 0. The summed E-state index contributed by atoms with van der Waals surface area (Å²) in [7, 11) is 0. The van der Waals surface area contributed by atoms with E-state index in [-0.39, 0.29) is 25.0 Å². The molecule has 3 heteroatoms. The Hall–Kier alpha value is -0.120. The zero-order chi connectivity index (χ0) is 7.28. The minimum Gasteiger partial charge on any atom is -0.396 e. The third-order valence-electron chi connectivity index (χ3n) is 1.63. The number of hydrogen-bond donors (Lipinski definition) is 3. The van der Waals surface area contributed by atoms with E-state index in [9.17, 15) is 0 Å². The first kappa shape index (κ1) is 8.88. The summed E-state index contributed by atoms with van der Waals surface area (Å²) in [6.45, 7) is 2.48. The summed E-state index contributed by atoms with van der Waals surface area (Å²) in [6, 6.07) is 0. The fraction of sp³-hybridized carbons (Fsp3) is 1.00. The Morgan fingerprint density at radius 2 is 1.89 bits per heavy atom. The van der Waals surface area contributed by atoms with Crippen molar-refractivity contribution in [3.05, 3.63) is 0 Å². The lowest BCUT2D eigenvalue weighted by atomic mass is 9.96. The van der Waals surface area contributed by atoms with Gasteiger partial charge in [0.1, 0.15) is 0 Å². The van der Waals surface area contributed by atoms with Crippen LogP contribution in [0.2, 0.25) is 0 Å². The molecule has 0 aliphatic heterocycles. The lowest BCUT2D eigenvalue weighted by Crippen LogP contribution is -2.26. The molecule has 0 aromatic rings. The van der Waals surface area contributed by atoms with E-state index < -0.39 is 0 Å². The second-order valence-corrected chi connectivity index (χ2v) is 2.34. The van der Waals surface area contributed by atoms with Gasteiger partial charge in [-0.15, -0.1) is 0 Å². The molecule has 4 N–H and O–H groups in total. The third-order valence-corrected chi connectivity index (χ3v) is 1.63. The number of aliphatic hydroxyl groups excluding tert-OH is 2. The van der Waals surface area contributed by atoms with E-state index in [0.29, 0.717) is 6.54 Å². The molecule has 9 heavy (non-hydrogen) atoms. The summed E-state index contributed by atoms with van der Waals surface area (Å²) in [5.41, 5.74) is 5.29. The maximum absolute atomic E-state index is 8.64. The average molecular weight is 133 g/mol. The van der Waals surface area contributed by atoms with Crippen LogP contribution < -0.4 is 5.73 Å². The SMILES string of the molecule is CC(CO)C(CN)CO. The fourth-order valence-corrected chi connectivity index (χ4v) is 0.636. The predicted molar refractivity (Wildman–Crippen MR) is 35.9 cm³/mol. The van der Waals surface area contributed by atoms with Gasteiger partial charge in [0.2, 0.25) is 0 Å². The predicted octanol–water partition coefficient (Wildman–Crippen LogP) is -0.818. The van der Waals surface area contributed by atoms with Gasteiger partial charge in [0.15, 0.2) is 0 Å². The highest BCUT2D eigenvalue weighted by atomic mass is 16.3. The Kier molecular flexibility index (Phi) is 4.67. The Labute approximate surface area is 55.5 Å². The Morgan fingerprint density at radius 1 is 1.33 bits per heavy atom. The van der Waals surface area contributed by atoms with Crippen LogP contribution >= 0.6 is 0 Å². The van der Waals surface area contributed by atoms with Crippen LogP contribution in [0.4, 0.5) is 0 Å². The number of rotatable bonds is 4. The summed E-state index contributed by atoms with van der Waals surface area (Å²) in [4.78, 5) is 0. The monoisotopic (exact) mass is 133 g/mol. The van der Waals surface area contributed by atoms with Crippen LogP contribution in [-0.2, 0) is 0 Å². The maximum atomic E-state index is 8.64. The normalized spacial score (nSPS) is 17.3. The van der Waals surface area contributed by atoms with E-state index in [1.54, 1.807) is 0 Å². The van der Waals surface area contributed by atoms with Crippen molar-refractivity contribution < 1.29 is 10.2 Å². The van der Waals surface area contributed by atoms with Gasteiger partial charge in [-0.2, -0.15) is 0 Å². The van der Waals surface area contributed by atoms with E-state index in [1.807, 2.05) is 6.92 Å². The van der Waals surface area contributed by atoms with Crippen molar-refractivity contribution in [1.29, 1.82) is 0 Å². The van der Waals surface area contributed by atoms with Crippen LogP contribution in [0.25, 0.3) is 0 Å². The first-order chi connectivity index (χ1) is 4.26. The third kappa shape index (κ3) is 2.79. The van der Waals surface area contributed by atoms with Crippen molar-refractivity contribution in [2.24, 2.45) is 17.6 Å². The lowest BCUT2D eigenvalue weighted by Gasteiger charge is -2.16. The van der Waals surface area contributed by atoms with E-state index in [0.717, 1.165) is 0 Å². The van der Waals surface area contributed by atoms with Crippen molar-refractivity contribution in [1.82, 2.24) is 0 Å². The van der Waals surface area contributed by atoms with Crippen LogP contribution in [0.1, 0.15) is 6.92 Å². The molecule has 0 bridgehead atoms. The molecular weight excluding hydrogens is 118 g/mol. The van der Waals surface area contributed by atoms with Crippen molar-refractivity contribution >= 4 is 0 Å². The number of aliphatic hydroxyl groups is 2. The molecule has 0 amide bonds. The van der Waals surface area contributed by atoms with Gasteiger partial charge < -0.3 is 15.9 Å². The summed E-state index contributed by atoms with van der Waals surface area (Å²) in [5.74, 6) is 0.162. The Bertz CT molecular complexity index is 64.1. The van der Waals surface area contributed by atoms with Gasteiger partial charge in [-0.25, -0.2) is 0 Å². The van der Waals surface area contributed by atoms with Crippen molar-refractivity contribution in [3.63, 3.8) is 0 Å².